The van der Waals surface area contributed by atoms with Crippen molar-refractivity contribution in [2.24, 2.45) is 5.92 Å². The van der Waals surface area contributed by atoms with E-state index >= 15 is 0 Å². The molecular formula is C39H59N5O14. The van der Waals surface area contributed by atoms with Crippen molar-refractivity contribution in [3.63, 3.8) is 0 Å². The number of epoxide rings is 1. The minimum atomic E-state index is -1.82. The molecule has 19 heteroatoms. The Morgan fingerprint density at radius 1 is 0.776 bits per heavy atom. The lowest BCUT2D eigenvalue weighted by molar-refractivity contribution is -0.162. The Morgan fingerprint density at radius 3 is 1.91 bits per heavy atom. The average molecular weight is 822 g/mol. The number of benzene rings is 1. The number of hydrogen-bond acceptors (Lipinski definition) is 14. The van der Waals surface area contributed by atoms with Crippen LogP contribution in [0.4, 0.5) is 4.79 Å². The van der Waals surface area contributed by atoms with Gasteiger partial charge in [0.25, 0.3) is 11.8 Å². The first kappa shape index (κ1) is 48.8. The Kier molecular flexibility index (Phi) is 18.5. The van der Waals surface area contributed by atoms with E-state index in [1.807, 2.05) is 0 Å². The number of rotatable bonds is 19. The van der Waals surface area contributed by atoms with Crippen molar-refractivity contribution < 1.29 is 67.1 Å². The summed E-state index contributed by atoms with van der Waals surface area (Å²) in [5.74, 6) is -6.69. The van der Waals surface area contributed by atoms with E-state index in [1.165, 1.54) is 0 Å². The van der Waals surface area contributed by atoms with Crippen LogP contribution in [-0.4, -0.2) is 119 Å². The van der Waals surface area contributed by atoms with Gasteiger partial charge in [-0.3, -0.25) is 34.2 Å². The second-order valence-corrected chi connectivity index (χ2v) is 16.0. The molecule has 0 bridgehead atoms. The fourth-order valence-electron chi connectivity index (χ4n) is 5.20. The zero-order chi connectivity index (χ0) is 44.0. The van der Waals surface area contributed by atoms with Crippen LogP contribution in [0.2, 0.25) is 0 Å². The normalized spacial score (nSPS) is 17.0. The number of amides is 5. The third kappa shape index (κ3) is 17.9. The van der Waals surface area contributed by atoms with Gasteiger partial charge in [0.15, 0.2) is 12.2 Å². The topological polar surface area (TPSA) is 258 Å². The van der Waals surface area contributed by atoms with Crippen LogP contribution in [0.1, 0.15) is 94.1 Å². The predicted octanol–water partition coefficient (Wildman–Crippen LogP) is 1.33. The zero-order valence-electron chi connectivity index (χ0n) is 34.9. The van der Waals surface area contributed by atoms with Gasteiger partial charge in [0, 0.05) is 6.42 Å². The van der Waals surface area contributed by atoms with Gasteiger partial charge in [-0.1, -0.05) is 44.2 Å². The molecule has 0 aromatic heterocycles. The molecule has 0 spiro atoms. The summed E-state index contributed by atoms with van der Waals surface area (Å²) in [6, 6.07) is 4.28. The third-order valence-corrected chi connectivity index (χ3v) is 7.75. The molecule has 0 saturated carbocycles. The molecule has 1 aliphatic heterocycles. The van der Waals surface area contributed by atoms with Crippen molar-refractivity contribution in [2.75, 3.05) is 13.2 Å². The largest absolute Gasteiger partial charge is 0.464 e. The highest BCUT2D eigenvalue weighted by molar-refractivity contribution is 5.97. The number of esters is 3. The monoisotopic (exact) mass is 821 g/mol. The molecule has 1 aliphatic rings. The maximum Gasteiger partial charge on any atom is 0.408 e. The number of carbonyl (C=O) groups is 8. The van der Waals surface area contributed by atoms with E-state index in [0.717, 1.165) is 6.92 Å². The summed E-state index contributed by atoms with van der Waals surface area (Å²) in [6.07, 6.45) is -5.85. The van der Waals surface area contributed by atoms with Crippen molar-refractivity contribution >= 4 is 47.6 Å². The van der Waals surface area contributed by atoms with Crippen LogP contribution >= 0.6 is 0 Å². The van der Waals surface area contributed by atoms with Crippen molar-refractivity contribution in [1.29, 1.82) is 0 Å². The maximum atomic E-state index is 13.9. The summed E-state index contributed by atoms with van der Waals surface area (Å²) in [4.78, 5) is 105. The highest BCUT2D eigenvalue weighted by Crippen LogP contribution is 2.25. The number of carbonyl (C=O) groups excluding carboxylic acids is 8. The van der Waals surface area contributed by atoms with E-state index in [1.54, 1.807) is 92.6 Å². The van der Waals surface area contributed by atoms with Crippen molar-refractivity contribution in [3.05, 3.63) is 35.9 Å². The second-order valence-electron chi connectivity index (χ2n) is 16.0. The molecule has 0 unspecified atom stereocenters. The molecule has 58 heavy (non-hydrogen) atoms. The van der Waals surface area contributed by atoms with Crippen LogP contribution in [0.3, 0.4) is 0 Å². The molecule has 0 aliphatic carbocycles. The molecule has 19 nitrogen and oxygen atoms in total. The van der Waals surface area contributed by atoms with Crippen LogP contribution in [0.15, 0.2) is 30.3 Å². The standard InChI is InChI=1S/C39H59N5O14/c1-11-54-36(52)31-30(56-31)35(51)44(20-28(47)58-39(8,9)10)43-34(50)29(23(4)45)42-32(48)25(17-18-27(46)57-38(5,6)7)40-33(49)26(19-22(2)3)41-37(53)55-21-24-15-13-12-14-16-24/h12-16,22-23,25-26,29-31,45H,11,17-21H2,1-10H3,(H,40,49)(H,41,53)(H,42,48)(H,43,50)/t23-,25+,26+,29+,30-,31-/m1/s1. The first-order valence-electron chi connectivity index (χ1n) is 19.0. The fraction of sp³-hybridized carbons (Fsp3) is 0.641. The Bertz CT molecular complexity index is 1610. The number of hydrazine groups is 1. The summed E-state index contributed by atoms with van der Waals surface area (Å²) < 4.78 is 26.0. The molecule has 1 fully saturated rings. The Balaban J connectivity index is 2.33. The van der Waals surface area contributed by atoms with Gasteiger partial charge in [0.05, 0.1) is 12.7 Å². The van der Waals surface area contributed by atoms with E-state index in [2.05, 4.69) is 21.4 Å². The van der Waals surface area contributed by atoms with E-state index in [0.29, 0.717) is 10.6 Å². The van der Waals surface area contributed by atoms with Crippen molar-refractivity contribution in [2.45, 2.75) is 143 Å². The molecular weight excluding hydrogens is 762 g/mol. The fourth-order valence-corrected chi connectivity index (χ4v) is 5.20. The van der Waals surface area contributed by atoms with Crippen molar-refractivity contribution in [3.8, 4) is 0 Å². The predicted molar refractivity (Wildman–Crippen MR) is 205 cm³/mol. The number of nitrogens with zero attached hydrogens (tertiary/aromatic N) is 1. The number of alkyl carbamates (subject to hydrolysis) is 1. The molecule has 5 N–H and O–H groups in total. The Labute approximate surface area is 338 Å². The first-order valence-corrected chi connectivity index (χ1v) is 19.0. The van der Waals surface area contributed by atoms with Gasteiger partial charge < -0.3 is 44.7 Å². The lowest BCUT2D eigenvalue weighted by atomic mass is 10.0. The number of hydrogen-bond donors (Lipinski definition) is 5. The Hall–Kier alpha value is -5.30. The van der Waals surface area contributed by atoms with E-state index < -0.39 is 102 Å². The summed E-state index contributed by atoms with van der Waals surface area (Å²) in [5.41, 5.74) is 1.04. The van der Waals surface area contributed by atoms with Crippen LogP contribution < -0.4 is 21.4 Å². The molecule has 1 aromatic rings. The second kappa shape index (κ2) is 22.0. The minimum Gasteiger partial charge on any atom is -0.464 e. The number of aliphatic hydroxyl groups is 1. The van der Waals surface area contributed by atoms with Gasteiger partial charge in [0.1, 0.15) is 42.5 Å². The van der Waals surface area contributed by atoms with E-state index in [-0.39, 0.29) is 38.4 Å². The van der Waals surface area contributed by atoms with Gasteiger partial charge in [-0.15, -0.1) is 0 Å². The lowest BCUT2D eigenvalue weighted by Crippen LogP contribution is -2.62. The van der Waals surface area contributed by atoms with Gasteiger partial charge in [-0.25, -0.2) is 14.6 Å². The molecule has 1 aromatic carbocycles. The summed E-state index contributed by atoms with van der Waals surface area (Å²) in [6.45, 7) is 15.0. The van der Waals surface area contributed by atoms with Crippen LogP contribution in [0, 0.1) is 5.92 Å². The highest BCUT2D eigenvalue weighted by Gasteiger charge is 2.54. The van der Waals surface area contributed by atoms with Gasteiger partial charge in [-0.05, 0) is 79.7 Å². The van der Waals surface area contributed by atoms with E-state index in [4.69, 9.17) is 23.7 Å². The average Bonchev–Trinajstić information content (AvgIpc) is 3.90. The summed E-state index contributed by atoms with van der Waals surface area (Å²) in [7, 11) is 0. The summed E-state index contributed by atoms with van der Waals surface area (Å²) >= 11 is 0. The SMILES string of the molecule is CCOC(=O)[C@@H]1O[C@H]1C(=O)N(CC(=O)OC(C)(C)C)NC(=O)[C@@H](NC(=O)[C@H](CCC(=O)OC(C)(C)C)NC(=O)[C@H](CC(C)C)NC(=O)OCc1ccccc1)[C@@H](C)O. The maximum absolute atomic E-state index is 13.9. The molecule has 1 heterocycles. The first-order chi connectivity index (χ1) is 26.9. The molecule has 6 atom stereocenters. The van der Waals surface area contributed by atoms with Gasteiger partial charge in [0.2, 0.25) is 11.8 Å². The summed E-state index contributed by atoms with van der Waals surface area (Å²) in [5, 5.41) is 18.6. The quantitative estimate of drug-likeness (QED) is 0.0571. The van der Waals surface area contributed by atoms with Crippen LogP contribution in [0.5, 0.6) is 0 Å². The number of aliphatic hydroxyl groups excluding tert-OH is 1. The highest BCUT2D eigenvalue weighted by atomic mass is 16.6. The van der Waals surface area contributed by atoms with Gasteiger partial charge >= 0.3 is 24.0 Å². The van der Waals surface area contributed by atoms with Crippen molar-refractivity contribution in [1.82, 2.24) is 26.4 Å². The molecule has 1 saturated heterocycles. The molecule has 5 amide bonds. The lowest BCUT2D eigenvalue weighted by Gasteiger charge is -2.29. The molecule has 0 radical (unpaired) electrons. The van der Waals surface area contributed by atoms with Crippen LogP contribution in [0.25, 0.3) is 0 Å². The smallest absolute Gasteiger partial charge is 0.408 e. The van der Waals surface area contributed by atoms with Crippen LogP contribution in [-0.2, 0) is 63.9 Å². The molecule has 2 rings (SSSR count). The number of nitrogens with one attached hydrogen (secondary N) is 4. The zero-order valence-corrected chi connectivity index (χ0v) is 34.9. The van der Waals surface area contributed by atoms with E-state index in [9.17, 15) is 43.5 Å². The Morgan fingerprint density at radius 2 is 1.36 bits per heavy atom. The third-order valence-electron chi connectivity index (χ3n) is 7.75. The minimum absolute atomic E-state index is 0.00312. The number of ether oxygens (including phenoxy) is 5. The van der Waals surface area contributed by atoms with Gasteiger partial charge in [-0.2, -0.15) is 0 Å². The molecule has 324 valence electrons.